The summed E-state index contributed by atoms with van der Waals surface area (Å²) in [7, 11) is 0. The molecule has 1 amide bonds. The second-order valence-electron chi connectivity index (χ2n) is 5.24. The van der Waals surface area contributed by atoms with Gasteiger partial charge in [-0.25, -0.2) is 4.79 Å². The van der Waals surface area contributed by atoms with Crippen molar-refractivity contribution in [3.63, 3.8) is 0 Å². The molecule has 0 atom stereocenters. The molecule has 0 bridgehead atoms. The van der Waals surface area contributed by atoms with Crippen LogP contribution in [0.3, 0.4) is 0 Å². The quantitative estimate of drug-likeness (QED) is 0.727. The molecule has 2 aromatic carbocycles. The molecule has 0 radical (unpaired) electrons. The summed E-state index contributed by atoms with van der Waals surface area (Å²) in [5, 5.41) is 3.46. The molecule has 0 aliphatic carbocycles. The molecule has 0 fully saturated rings. The number of aryl methyl sites for hydroxylation is 1. The molecule has 0 saturated carbocycles. The predicted molar refractivity (Wildman–Crippen MR) is 88.4 cm³/mol. The van der Waals surface area contributed by atoms with Crippen LogP contribution in [0.1, 0.15) is 15.9 Å². The largest absolute Gasteiger partial charge is 0.452 e. The average Bonchev–Trinajstić information content (AvgIpc) is 2.99. The lowest BCUT2D eigenvalue weighted by Crippen LogP contribution is -2.20. The van der Waals surface area contributed by atoms with E-state index in [9.17, 15) is 9.59 Å². The molecule has 0 unspecified atom stereocenters. The Bertz CT molecular complexity index is 850. The summed E-state index contributed by atoms with van der Waals surface area (Å²) in [5.74, 6) is -0.899. The fourth-order valence-corrected chi connectivity index (χ4v) is 2.28. The molecular formula is C18H16N2O3. The van der Waals surface area contributed by atoms with Crippen molar-refractivity contribution in [2.75, 3.05) is 11.9 Å². The third-order valence-electron chi connectivity index (χ3n) is 3.48. The Labute approximate surface area is 133 Å². The van der Waals surface area contributed by atoms with Crippen LogP contribution in [0.15, 0.2) is 54.7 Å². The Morgan fingerprint density at radius 2 is 1.83 bits per heavy atom. The first-order valence-corrected chi connectivity index (χ1v) is 7.23. The maximum Gasteiger partial charge on any atom is 0.340 e. The highest BCUT2D eigenvalue weighted by atomic mass is 16.5. The summed E-state index contributed by atoms with van der Waals surface area (Å²) in [5.41, 5.74) is 3.05. The van der Waals surface area contributed by atoms with Crippen molar-refractivity contribution in [1.82, 2.24) is 4.98 Å². The number of nitrogens with one attached hydrogen (secondary N) is 2. The van der Waals surface area contributed by atoms with Crippen LogP contribution in [0.4, 0.5) is 5.69 Å². The number of hydrogen-bond acceptors (Lipinski definition) is 3. The number of amides is 1. The number of aromatic nitrogens is 1. The van der Waals surface area contributed by atoms with E-state index in [1.54, 1.807) is 18.3 Å². The van der Waals surface area contributed by atoms with E-state index in [1.807, 2.05) is 43.3 Å². The Kier molecular flexibility index (Phi) is 4.10. The number of carbonyl (C=O) groups excluding carboxylic acids is 2. The molecule has 0 spiro atoms. The van der Waals surface area contributed by atoms with Crippen molar-refractivity contribution in [3.8, 4) is 0 Å². The zero-order valence-corrected chi connectivity index (χ0v) is 12.6. The van der Waals surface area contributed by atoms with Gasteiger partial charge in [-0.1, -0.05) is 35.9 Å². The second-order valence-corrected chi connectivity index (χ2v) is 5.24. The van der Waals surface area contributed by atoms with Crippen LogP contribution in [-0.2, 0) is 9.53 Å². The van der Waals surface area contributed by atoms with Gasteiger partial charge in [0.25, 0.3) is 5.91 Å². The monoisotopic (exact) mass is 308 g/mol. The van der Waals surface area contributed by atoms with E-state index in [4.69, 9.17) is 4.74 Å². The lowest BCUT2D eigenvalue weighted by molar-refractivity contribution is -0.119. The summed E-state index contributed by atoms with van der Waals surface area (Å²) in [4.78, 5) is 26.9. The van der Waals surface area contributed by atoms with E-state index in [-0.39, 0.29) is 12.5 Å². The van der Waals surface area contributed by atoms with Gasteiger partial charge in [0.05, 0.1) is 5.56 Å². The lowest BCUT2D eigenvalue weighted by atomic mass is 10.2. The highest BCUT2D eigenvalue weighted by Crippen LogP contribution is 2.18. The highest BCUT2D eigenvalue weighted by Gasteiger charge is 2.14. The van der Waals surface area contributed by atoms with Crippen molar-refractivity contribution in [1.29, 1.82) is 0 Å². The molecule has 5 nitrogen and oxygen atoms in total. The number of ether oxygens (including phenoxy) is 1. The Hall–Kier alpha value is -3.08. The number of anilines is 1. The first-order chi connectivity index (χ1) is 11.1. The minimum absolute atomic E-state index is 0.327. The molecule has 116 valence electrons. The Morgan fingerprint density at radius 3 is 2.61 bits per heavy atom. The third kappa shape index (κ3) is 3.40. The first-order valence-electron chi connectivity index (χ1n) is 7.23. The minimum Gasteiger partial charge on any atom is -0.452 e. The predicted octanol–water partition coefficient (Wildman–Crippen LogP) is 3.27. The van der Waals surface area contributed by atoms with E-state index in [1.165, 1.54) is 0 Å². The van der Waals surface area contributed by atoms with Gasteiger partial charge in [0.2, 0.25) is 0 Å². The molecule has 2 N–H and O–H groups in total. The number of rotatable bonds is 4. The summed E-state index contributed by atoms with van der Waals surface area (Å²) in [6, 6.07) is 14.8. The van der Waals surface area contributed by atoms with Crippen molar-refractivity contribution in [2.45, 2.75) is 6.92 Å². The van der Waals surface area contributed by atoms with Crippen LogP contribution in [0.5, 0.6) is 0 Å². The van der Waals surface area contributed by atoms with Gasteiger partial charge in [0.15, 0.2) is 6.61 Å². The Balaban J connectivity index is 1.60. The van der Waals surface area contributed by atoms with Crippen LogP contribution < -0.4 is 5.32 Å². The lowest BCUT2D eigenvalue weighted by Gasteiger charge is -2.06. The topological polar surface area (TPSA) is 71.2 Å². The number of carbonyl (C=O) groups is 2. The third-order valence-corrected chi connectivity index (χ3v) is 3.48. The molecule has 5 heteroatoms. The molecule has 23 heavy (non-hydrogen) atoms. The van der Waals surface area contributed by atoms with Crippen molar-refractivity contribution >= 4 is 28.5 Å². The number of para-hydroxylation sites is 1. The summed E-state index contributed by atoms with van der Waals surface area (Å²) >= 11 is 0. The number of esters is 1. The maximum absolute atomic E-state index is 12.1. The van der Waals surface area contributed by atoms with Crippen LogP contribution >= 0.6 is 0 Å². The molecule has 1 heterocycles. The van der Waals surface area contributed by atoms with Gasteiger partial charge in [-0.05, 0) is 25.1 Å². The molecule has 3 rings (SSSR count). The standard InChI is InChI=1S/C18H16N2O3/c1-12-6-8-13(9-7-12)20-17(21)11-23-18(22)15-10-19-16-5-3-2-4-14(15)16/h2-10,19H,11H2,1H3,(H,20,21). The van der Waals surface area contributed by atoms with Crippen LogP contribution in [-0.4, -0.2) is 23.5 Å². The maximum atomic E-state index is 12.1. The molecule has 0 aliphatic heterocycles. The molecule has 3 aromatic rings. The Morgan fingerprint density at radius 1 is 1.09 bits per heavy atom. The number of hydrogen-bond donors (Lipinski definition) is 2. The zero-order chi connectivity index (χ0) is 16.2. The highest BCUT2D eigenvalue weighted by molar-refractivity contribution is 6.05. The second kappa shape index (κ2) is 6.36. The summed E-state index contributed by atoms with van der Waals surface area (Å²) < 4.78 is 5.08. The van der Waals surface area contributed by atoms with Gasteiger partial charge in [-0.2, -0.15) is 0 Å². The van der Waals surface area contributed by atoms with Crippen molar-refractivity contribution < 1.29 is 14.3 Å². The normalized spacial score (nSPS) is 10.5. The number of aromatic amines is 1. The first kappa shape index (κ1) is 14.8. The van der Waals surface area contributed by atoms with Gasteiger partial charge >= 0.3 is 5.97 Å². The number of benzene rings is 2. The van der Waals surface area contributed by atoms with Gasteiger partial charge in [0, 0.05) is 22.8 Å². The summed E-state index contributed by atoms with van der Waals surface area (Å²) in [6.07, 6.45) is 1.59. The molecule has 1 aromatic heterocycles. The van der Waals surface area contributed by atoms with Gasteiger partial charge in [-0.15, -0.1) is 0 Å². The van der Waals surface area contributed by atoms with Crippen LogP contribution in [0.2, 0.25) is 0 Å². The minimum atomic E-state index is -0.526. The SMILES string of the molecule is Cc1ccc(NC(=O)COC(=O)c2c[nH]c3ccccc23)cc1. The fraction of sp³-hybridized carbons (Fsp3) is 0.111. The zero-order valence-electron chi connectivity index (χ0n) is 12.6. The van der Waals surface area contributed by atoms with E-state index in [2.05, 4.69) is 10.3 Å². The summed E-state index contributed by atoms with van der Waals surface area (Å²) in [6.45, 7) is 1.64. The van der Waals surface area contributed by atoms with Crippen molar-refractivity contribution in [3.05, 3.63) is 65.9 Å². The number of H-pyrrole nitrogens is 1. The smallest absolute Gasteiger partial charge is 0.340 e. The van der Waals surface area contributed by atoms with E-state index >= 15 is 0 Å². The average molecular weight is 308 g/mol. The van der Waals surface area contributed by atoms with Crippen LogP contribution in [0.25, 0.3) is 10.9 Å². The van der Waals surface area contributed by atoms with Crippen molar-refractivity contribution in [2.24, 2.45) is 0 Å². The van der Waals surface area contributed by atoms with Gasteiger partial charge < -0.3 is 15.0 Å². The van der Waals surface area contributed by atoms with E-state index in [0.717, 1.165) is 16.5 Å². The molecule has 0 aliphatic rings. The van der Waals surface area contributed by atoms with E-state index in [0.29, 0.717) is 11.3 Å². The number of fused-ring (bicyclic) bond motifs is 1. The van der Waals surface area contributed by atoms with Gasteiger partial charge in [0.1, 0.15) is 0 Å². The van der Waals surface area contributed by atoms with E-state index < -0.39 is 5.97 Å². The van der Waals surface area contributed by atoms with Crippen LogP contribution in [0, 0.1) is 6.92 Å². The molecular weight excluding hydrogens is 292 g/mol. The van der Waals surface area contributed by atoms with Gasteiger partial charge in [-0.3, -0.25) is 4.79 Å². The molecule has 0 saturated heterocycles. The fourth-order valence-electron chi connectivity index (χ4n) is 2.28.